The molecule has 0 spiro atoms. The van der Waals surface area contributed by atoms with Gasteiger partial charge in [-0.15, -0.1) is 0 Å². The van der Waals surface area contributed by atoms with Gasteiger partial charge in [-0.3, -0.25) is 19.2 Å². The first kappa shape index (κ1) is 32.7. The molecule has 0 saturated carbocycles. The smallest absolute Gasteiger partial charge is 0.326 e. The van der Waals surface area contributed by atoms with Crippen molar-refractivity contribution in [3.05, 3.63) is 48.0 Å². The average Bonchev–Trinajstić information content (AvgIpc) is 3.43. The zero-order valence-electron chi connectivity index (χ0n) is 22.4. The zero-order valence-corrected chi connectivity index (χ0v) is 22.4. The highest BCUT2D eigenvalue weighted by Gasteiger charge is 2.30. The minimum absolute atomic E-state index is 0.000789. The van der Waals surface area contributed by atoms with Crippen LogP contribution in [0.2, 0.25) is 0 Å². The number of imidazole rings is 1. The number of aromatic amines is 1. The van der Waals surface area contributed by atoms with Crippen LogP contribution in [0.3, 0.4) is 0 Å². The summed E-state index contributed by atoms with van der Waals surface area (Å²) >= 11 is 0. The molecule has 0 aliphatic rings. The number of carbonyl (C=O) groups excluding carboxylic acids is 3. The molecule has 0 fully saturated rings. The van der Waals surface area contributed by atoms with Crippen LogP contribution in [0.4, 0.5) is 0 Å². The van der Waals surface area contributed by atoms with Gasteiger partial charge in [-0.2, -0.15) is 0 Å². The molecule has 224 valence electrons. The molecule has 0 aliphatic heterocycles. The quantitative estimate of drug-likeness (QED) is 0.0949. The molecule has 11 N–H and O–H groups in total. The fourth-order valence-electron chi connectivity index (χ4n) is 3.92. The van der Waals surface area contributed by atoms with Gasteiger partial charge in [-0.05, 0) is 49.9 Å². The number of aromatic nitrogens is 2. The molecule has 0 saturated heterocycles. The number of rotatable bonds is 18. The second-order valence-electron chi connectivity index (χ2n) is 9.50. The van der Waals surface area contributed by atoms with Crippen LogP contribution in [0.5, 0.6) is 5.75 Å². The summed E-state index contributed by atoms with van der Waals surface area (Å²) in [5.74, 6) is -4.83. The minimum Gasteiger partial charge on any atom is -0.508 e. The number of hydrogen-bond donors (Lipinski definition) is 9. The summed E-state index contributed by atoms with van der Waals surface area (Å²) in [6, 6.07) is 0.869. The number of carboxylic acids is 2. The maximum absolute atomic E-state index is 13.2. The lowest BCUT2D eigenvalue weighted by atomic mass is 10.0. The standard InChI is InChI=1S/C26H37N7O8/c27-10-2-1-3-19(24(38)33-21(26(40)41)11-15-4-6-17(34)7-5-15)32-25(39)20(8-9-22(35)36)31-23(37)18(28)12-16-13-29-14-30-16/h4-7,13-14,18-21,34H,1-3,8-12,27-28H2,(H,29,30)(H,31,37)(H,32,39)(H,33,38)(H,35,36)(H,40,41). The van der Waals surface area contributed by atoms with Crippen molar-refractivity contribution in [1.29, 1.82) is 0 Å². The van der Waals surface area contributed by atoms with Crippen LogP contribution < -0.4 is 27.4 Å². The van der Waals surface area contributed by atoms with Crippen LogP contribution in [0.1, 0.15) is 43.4 Å². The fraction of sp³-hybridized carbons (Fsp3) is 0.462. The Hall–Kier alpha value is -4.50. The summed E-state index contributed by atoms with van der Waals surface area (Å²) in [6.45, 7) is 0.326. The molecule has 41 heavy (non-hydrogen) atoms. The number of benzene rings is 1. The Labute approximate surface area is 236 Å². The fourth-order valence-corrected chi connectivity index (χ4v) is 3.92. The van der Waals surface area contributed by atoms with Gasteiger partial charge in [0, 0.05) is 31.2 Å². The van der Waals surface area contributed by atoms with Crippen LogP contribution in [-0.2, 0) is 36.8 Å². The molecule has 1 heterocycles. The number of nitrogens with two attached hydrogens (primary N) is 2. The van der Waals surface area contributed by atoms with Gasteiger partial charge in [0.1, 0.15) is 23.9 Å². The third-order valence-electron chi connectivity index (χ3n) is 6.18. The molecule has 4 unspecified atom stereocenters. The molecule has 0 bridgehead atoms. The van der Waals surface area contributed by atoms with Gasteiger partial charge in [-0.1, -0.05) is 12.1 Å². The predicted octanol–water partition coefficient (Wildman–Crippen LogP) is -1.24. The minimum atomic E-state index is -1.34. The van der Waals surface area contributed by atoms with Gasteiger partial charge in [0.15, 0.2) is 0 Å². The van der Waals surface area contributed by atoms with E-state index >= 15 is 0 Å². The Morgan fingerprint density at radius 1 is 0.854 bits per heavy atom. The first-order valence-corrected chi connectivity index (χ1v) is 13.1. The first-order chi connectivity index (χ1) is 19.5. The average molecular weight is 576 g/mol. The van der Waals surface area contributed by atoms with E-state index in [0.717, 1.165) is 0 Å². The monoisotopic (exact) mass is 575 g/mol. The Morgan fingerprint density at radius 3 is 2.02 bits per heavy atom. The predicted molar refractivity (Wildman–Crippen MR) is 145 cm³/mol. The van der Waals surface area contributed by atoms with E-state index in [2.05, 4.69) is 25.9 Å². The second kappa shape index (κ2) is 16.6. The summed E-state index contributed by atoms with van der Waals surface area (Å²) < 4.78 is 0. The van der Waals surface area contributed by atoms with E-state index in [-0.39, 0.29) is 31.4 Å². The summed E-state index contributed by atoms with van der Waals surface area (Å²) in [7, 11) is 0. The number of aliphatic carboxylic acids is 2. The van der Waals surface area contributed by atoms with Crippen molar-refractivity contribution < 1.29 is 39.3 Å². The van der Waals surface area contributed by atoms with Crippen molar-refractivity contribution in [1.82, 2.24) is 25.9 Å². The van der Waals surface area contributed by atoms with Crippen LogP contribution in [0.15, 0.2) is 36.8 Å². The lowest BCUT2D eigenvalue weighted by Crippen LogP contribution is -2.57. The van der Waals surface area contributed by atoms with E-state index in [0.29, 0.717) is 30.6 Å². The molecule has 0 radical (unpaired) electrons. The number of phenols is 1. The number of nitrogens with zero attached hydrogens (tertiary/aromatic N) is 1. The van der Waals surface area contributed by atoms with Gasteiger partial charge in [0.2, 0.25) is 17.7 Å². The molecule has 2 aromatic rings. The molecule has 15 heteroatoms. The van der Waals surface area contributed by atoms with E-state index in [4.69, 9.17) is 16.6 Å². The maximum Gasteiger partial charge on any atom is 0.326 e. The van der Waals surface area contributed by atoms with E-state index in [1.807, 2.05) is 0 Å². The summed E-state index contributed by atoms with van der Waals surface area (Å²) in [6.07, 6.45) is 3.22. The van der Waals surface area contributed by atoms with Crippen LogP contribution in [0, 0.1) is 0 Å². The van der Waals surface area contributed by atoms with Crippen LogP contribution >= 0.6 is 0 Å². The van der Waals surface area contributed by atoms with Crippen molar-refractivity contribution in [2.45, 2.75) is 69.1 Å². The highest BCUT2D eigenvalue weighted by molar-refractivity contribution is 5.94. The molecular weight excluding hydrogens is 538 g/mol. The lowest BCUT2D eigenvalue weighted by molar-refractivity contribution is -0.142. The normalized spacial score (nSPS) is 13.8. The molecule has 1 aromatic heterocycles. The number of phenolic OH excluding ortho intramolecular Hbond substituents is 1. The molecule has 4 atom stereocenters. The molecule has 0 aliphatic carbocycles. The Morgan fingerprint density at radius 2 is 1.46 bits per heavy atom. The van der Waals surface area contributed by atoms with Crippen molar-refractivity contribution in [2.24, 2.45) is 11.5 Å². The number of carboxylic acid groups (broad SMARTS) is 2. The number of hydrogen-bond acceptors (Lipinski definition) is 9. The largest absolute Gasteiger partial charge is 0.508 e. The number of H-pyrrole nitrogens is 1. The highest BCUT2D eigenvalue weighted by Crippen LogP contribution is 2.12. The third-order valence-corrected chi connectivity index (χ3v) is 6.18. The Kier molecular flexibility index (Phi) is 13.2. The van der Waals surface area contributed by atoms with Crippen molar-refractivity contribution in [3.63, 3.8) is 0 Å². The lowest BCUT2D eigenvalue weighted by Gasteiger charge is -2.25. The number of aromatic hydroxyl groups is 1. The van der Waals surface area contributed by atoms with Crippen LogP contribution in [0.25, 0.3) is 0 Å². The molecule has 1 aromatic carbocycles. The number of carbonyl (C=O) groups is 5. The third kappa shape index (κ3) is 11.6. The van der Waals surface area contributed by atoms with Crippen molar-refractivity contribution >= 4 is 29.7 Å². The Bertz CT molecular complexity index is 1160. The molecule has 15 nitrogen and oxygen atoms in total. The van der Waals surface area contributed by atoms with Crippen LogP contribution in [-0.4, -0.2) is 85.7 Å². The molecule has 3 amide bonds. The number of amides is 3. The van der Waals surface area contributed by atoms with Gasteiger partial charge >= 0.3 is 11.9 Å². The summed E-state index contributed by atoms with van der Waals surface area (Å²) in [5.41, 5.74) is 12.6. The zero-order chi connectivity index (χ0) is 30.4. The van der Waals surface area contributed by atoms with Gasteiger partial charge in [0.05, 0.1) is 12.4 Å². The molecular formula is C26H37N7O8. The molecule has 2 rings (SSSR count). The number of unbranched alkanes of at least 4 members (excludes halogenated alkanes) is 1. The SMILES string of the molecule is NCCCCC(NC(=O)C(CCC(=O)O)NC(=O)C(N)Cc1cnc[nH]1)C(=O)NC(Cc1ccc(O)cc1)C(=O)O. The second-order valence-corrected chi connectivity index (χ2v) is 9.50. The Balaban J connectivity index is 2.15. The van der Waals surface area contributed by atoms with E-state index < -0.39 is 60.2 Å². The van der Waals surface area contributed by atoms with E-state index in [1.54, 1.807) is 0 Å². The van der Waals surface area contributed by atoms with Crippen molar-refractivity contribution in [2.75, 3.05) is 6.54 Å². The first-order valence-electron chi connectivity index (χ1n) is 13.1. The summed E-state index contributed by atoms with van der Waals surface area (Å²) in [5, 5.41) is 35.7. The van der Waals surface area contributed by atoms with Gasteiger partial charge < -0.3 is 47.7 Å². The van der Waals surface area contributed by atoms with E-state index in [9.17, 15) is 34.2 Å². The van der Waals surface area contributed by atoms with Crippen molar-refractivity contribution in [3.8, 4) is 5.75 Å². The van der Waals surface area contributed by atoms with Gasteiger partial charge in [-0.25, -0.2) is 9.78 Å². The topological polar surface area (TPSA) is 263 Å². The van der Waals surface area contributed by atoms with Gasteiger partial charge in [0.25, 0.3) is 0 Å². The number of nitrogens with one attached hydrogen (secondary N) is 4. The van der Waals surface area contributed by atoms with E-state index in [1.165, 1.54) is 36.8 Å². The summed E-state index contributed by atoms with van der Waals surface area (Å²) in [4.78, 5) is 68.8. The maximum atomic E-state index is 13.2. The highest BCUT2D eigenvalue weighted by atomic mass is 16.4.